The van der Waals surface area contributed by atoms with Crippen LogP contribution < -0.4 is 11.1 Å². The molecular weight excluding hydrogens is 309 g/mol. The highest BCUT2D eigenvalue weighted by Gasteiger charge is 2.33. The molecule has 2 rings (SSSR count). The third kappa shape index (κ3) is 4.85. The van der Waals surface area contributed by atoms with Crippen molar-refractivity contribution in [2.45, 2.75) is 20.3 Å². The summed E-state index contributed by atoms with van der Waals surface area (Å²) in [6.07, 6.45) is 1.05. The summed E-state index contributed by atoms with van der Waals surface area (Å²) in [4.78, 5) is 14.2. The Kier molecular flexibility index (Phi) is 6.47. The average molecular weight is 332 g/mol. The molecule has 1 fully saturated rings. The Morgan fingerprint density at radius 2 is 2.24 bits per heavy atom. The number of nitrogens with one attached hydrogen (secondary N) is 1. The Bertz CT molecular complexity index is 510. The molecule has 1 heterocycles. The zero-order chi connectivity index (χ0) is 14.8. The van der Waals surface area contributed by atoms with Crippen molar-refractivity contribution in [2.75, 3.05) is 31.5 Å². The van der Waals surface area contributed by atoms with Crippen LogP contribution in [0.3, 0.4) is 0 Å². The number of aryl methyl sites for hydroxylation is 1. The molecule has 1 unspecified atom stereocenters. The van der Waals surface area contributed by atoms with Crippen molar-refractivity contribution in [3.8, 4) is 0 Å². The minimum absolute atomic E-state index is 0. The third-order valence-corrected chi connectivity index (χ3v) is 4.36. The van der Waals surface area contributed by atoms with Gasteiger partial charge in [-0.3, -0.25) is 9.69 Å². The van der Waals surface area contributed by atoms with Crippen LogP contribution in [0.5, 0.6) is 0 Å². The standard InChI is InChI=1S/C15H22ClN3O.ClH/c1-11-3-4-12(7-13(11)16)18-14(20)8-19-6-5-15(2,9-17)10-19;/h3-4,7H,5-6,8-10,17H2,1-2H3,(H,18,20);1H. The van der Waals surface area contributed by atoms with E-state index in [1.54, 1.807) is 6.07 Å². The highest BCUT2D eigenvalue weighted by Crippen LogP contribution is 2.28. The van der Waals surface area contributed by atoms with Gasteiger partial charge in [-0.25, -0.2) is 0 Å². The Morgan fingerprint density at radius 1 is 1.52 bits per heavy atom. The van der Waals surface area contributed by atoms with Gasteiger partial charge >= 0.3 is 0 Å². The molecule has 118 valence electrons. The molecule has 0 bridgehead atoms. The summed E-state index contributed by atoms with van der Waals surface area (Å²) in [6.45, 7) is 6.98. The van der Waals surface area contributed by atoms with Crippen LogP contribution in [0.1, 0.15) is 18.9 Å². The Morgan fingerprint density at radius 3 is 2.81 bits per heavy atom. The molecule has 0 saturated carbocycles. The molecule has 0 radical (unpaired) electrons. The largest absolute Gasteiger partial charge is 0.330 e. The van der Waals surface area contributed by atoms with Crippen molar-refractivity contribution in [1.29, 1.82) is 0 Å². The van der Waals surface area contributed by atoms with Crippen molar-refractivity contribution in [3.63, 3.8) is 0 Å². The van der Waals surface area contributed by atoms with Gasteiger partial charge in [0.1, 0.15) is 0 Å². The topological polar surface area (TPSA) is 58.4 Å². The van der Waals surface area contributed by atoms with Crippen molar-refractivity contribution in [2.24, 2.45) is 11.1 Å². The van der Waals surface area contributed by atoms with Gasteiger partial charge in [-0.05, 0) is 49.5 Å². The average Bonchev–Trinajstić information content (AvgIpc) is 2.76. The Balaban J connectivity index is 0.00000220. The van der Waals surface area contributed by atoms with E-state index in [9.17, 15) is 4.79 Å². The lowest BCUT2D eigenvalue weighted by Gasteiger charge is -2.22. The number of nitrogens with zero attached hydrogens (tertiary/aromatic N) is 1. The predicted molar refractivity (Wildman–Crippen MR) is 90.3 cm³/mol. The van der Waals surface area contributed by atoms with Crippen LogP contribution in [-0.4, -0.2) is 37.0 Å². The zero-order valence-electron chi connectivity index (χ0n) is 12.5. The van der Waals surface area contributed by atoms with Gasteiger partial charge in [0.25, 0.3) is 0 Å². The maximum absolute atomic E-state index is 12.0. The maximum atomic E-state index is 12.0. The van der Waals surface area contributed by atoms with Crippen molar-refractivity contribution in [1.82, 2.24) is 4.90 Å². The number of hydrogen-bond acceptors (Lipinski definition) is 3. The number of carbonyl (C=O) groups is 1. The molecule has 6 heteroatoms. The van der Waals surface area contributed by atoms with Gasteiger partial charge in [-0.2, -0.15) is 0 Å². The second kappa shape index (κ2) is 7.45. The monoisotopic (exact) mass is 331 g/mol. The van der Waals surface area contributed by atoms with E-state index < -0.39 is 0 Å². The lowest BCUT2D eigenvalue weighted by Crippen LogP contribution is -2.35. The van der Waals surface area contributed by atoms with Crippen LogP contribution >= 0.6 is 24.0 Å². The van der Waals surface area contributed by atoms with E-state index in [4.69, 9.17) is 17.3 Å². The molecule has 21 heavy (non-hydrogen) atoms. The first-order valence-electron chi connectivity index (χ1n) is 6.90. The molecule has 1 amide bonds. The smallest absolute Gasteiger partial charge is 0.238 e. The summed E-state index contributed by atoms with van der Waals surface area (Å²) in [5, 5.41) is 3.55. The second-order valence-corrected chi connectivity index (χ2v) is 6.39. The van der Waals surface area contributed by atoms with Crippen molar-refractivity contribution < 1.29 is 4.79 Å². The van der Waals surface area contributed by atoms with Gasteiger partial charge < -0.3 is 11.1 Å². The number of amides is 1. The second-order valence-electron chi connectivity index (χ2n) is 5.99. The van der Waals surface area contributed by atoms with Gasteiger partial charge in [0, 0.05) is 17.3 Å². The lowest BCUT2D eigenvalue weighted by atomic mass is 9.90. The van der Waals surface area contributed by atoms with E-state index in [-0.39, 0.29) is 23.7 Å². The molecule has 1 atom stereocenters. The number of carbonyl (C=O) groups excluding carboxylic acids is 1. The van der Waals surface area contributed by atoms with Gasteiger partial charge in [-0.1, -0.05) is 24.6 Å². The summed E-state index contributed by atoms with van der Waals surface area (Å²) >= 11 is 6.05. The van der Waals surface area contributed by atoms with E-state index in [0.29, 0.717) is 18.1 Å². The molecule has 4 nitrogen and oxygen atoms in total. The lowest BCUT2D eigenvalue weighted by molar-refractivity contribution is -0.117. The molecular formula is C15H23Cl2N3O. The highest BCUT2D eigenvalue weighted by atomic mass is 35.5. The number of rotatable bonds is 4. The minimum atomic E-state index is -0.00816. The first kappa shape index (κ1) is 18.2. The Labute approximate surface area is 137 Å². The van der Waals surface area contributed by atoms with Crippen LogP contribution in [0.15, 0.2) is 18.2 Å². The van der Waals surface area contributed by atoms with Crippen LogP contribution in [0.2, 0.25) is 5.02 Å². The van der Waals surface area contributed by atoms with E-state index in [1.165, 1.54) is 0 Å². The fraction of sp³-hybridized carbons (Fsp3) is 0.533. The van der Waals surface area contributed by atoms with E-state index in [1.807, 2.05) is 19.1 Å². The first-order valence-corrected chi connectivity index (χ1v) is 7.28. The SMILES string of the molecule is Cc1ccc(NC(=O)CN2CCC(C)(CN)C2)cc1Cl.Cl. The number of hydrogen-bond donors (Lipinski definition) is 2. The number of halogens is 2. The molecule has 0 aliphatic carbocycles. The number of nitrogens with two attached hydrogens (primary N) is 1. The molecule has 1 aromatic carbocycles. The predicted octanol–water partition coefficient (Wildman–Crippen LogP) is 2.68. The van der Waals surface area contributed by atoms with Gasteiger partial charge in [-0.15, -0.1) is 12.4 Å². The van der Waals surface area contributed by atoms with Gasteiger partial charge in [0.15, 0.2) is 0 Å². The van der Waals surface area contributed by atoms with Crippen molar-refractivity contribution >= 4 is 35.6 Å². The molecule has 1 saturated heterocycles. The molecule has 1 aromatic rings. The molecule has 3 N–H and O–H groups in total. The fourth-order valence-electron chi connectivity index (χ4n) is 2.50. The van der Waals surface area contributed by atoms with Crippen LogP contribution in [-0.2, 0) is 4.79 Å². The van der Waals surface area contributed by atoms with Gasteiger partial charge in [0.05, 0.1) is 6.54 Å². The number of likely N-dealkylation sites (tertiary alicyclic amines) is 1. The summed E-state index contributed by atoms with van der Waals surface area (Å²) in [6, 6.07) is 5.55. The van der Waals surface area contributed by atoms with Crippen LogP contribution in [0.25, 0.3) is 0 Å². The maximum Gasteiger partial charge on any atom is 0.238 e. The van der Waals surface area contributed by atoms with Crippen LogP contribution in [0.4, 0.5) is 5.69 Å². The van der Waals surface area contributed by atoms with Crippen molar-refractivity contribution in [3.05, 3.63) is 28.8 Å². The third-order valence-electron chi connectivity index (χ3n) is 3.95. The summed E-state index contributed by atoms with van der Waals surface area (Å²) in [7, 11) is 0. The van der Waals surface area contributed by atoms with Crippen LogP contribution in [0, 0.1) is 12.3 Å². The summed E-state index contributed by atoms with van der Waals surface area (Å²) < 4.78 is 0. The fourth-order valence-corrected chi connectivity index (χ4v) is 2.68. The van der Waals surface area contributed by atoms with E-state index >= 15 is 0 Å². The zero-order valence-corrected chi connectivity index (χ0v) is 14.1. The molecule has 1 aliphatic heterocycles. The quantitative estimate of drug-likeness (QED) is 0.891. The number of anilines is 1. The van der Waals surface area contributed by atoms with Gasteiger partial charge in [0.2, 0.25) is 5.91 Å². The minimum Gasteiger partial charge on any atom is -0.330 e. The molecule has 1 aliphatic rings. The number of benzene rings is 1. The molecule has 0 spiro atoms. The highest BCUT2D eigenvalue weighted by molar-refractivity contribution is 6.31. The van der Waals surface area contributed by atoms with E-state index in [0.717, 1.165) is 30.8 Å². The summed E-state index contributed by atoms with van der Waals surface area (Å²) in [5.41, 5.74) is 7.66. The Hall–Kier alpha value is -0.810. The first-order chi connectivity index (χ1) is 9.42. The normalized spacial score (nSPS) is 21.9. The summed E-state index contributed by atoms with van der Waals surface area (Å²) in [5.74, 6) is -0.00816. The van der Waals surface area contributed by atoms with E-state index in [2.05, 4.69) is 17.1 Å². The molecule has 0 aromatic heterocycles.